The third kappa shape index (κ3) is 4.46. The van der Waals surface area contributed by atoms with Gasteiger partial charge < -0.3 is 10.1 Å². The zero-order valence-corrected chi connectivity index (χ0v) is 13.5. The van der Waals surface area contributed by atoms with Crippen molar-refractivity contribution >= 4 is 10.0 Å². The molecule has 1 N–H and O–H groups in total. The van der Waals surface area contributed by atoms with E-state index in [9.17, 15) is 8.42 Å². The maximum Gasteiger partial charge on any atom is 0.247 e. The van der Waals surface area contributed by atoms with Gasteiger partial charge >= 0.3 is 0 Å². The van der Waals surface area contributed by atoms with Crippen molar-refractivity contribution in [3.8, 4) is 18.1 Å². The Morgan fingerprint density at radius 2 is 2.14 bits per heavy atom. The van der Waals surface area contributed by atoms with Gasteiger partial charge in [-0.15, -0.1) is 6.42 Å². The molecular formula is C15H22N2O3S. The first-order valence-electron chi connectivity index (χ1n) is 6.74. The molecule has 0 saturated heterocycles. The van der Waals surface area contributed by atoms with Crippen LogP contribution in [-0.2, 0) is 16.6 Å². The number of hydrogen-bond donors (Lipinski definition) is 1. The molecule has 0 aliphatic carbocycles. The van der Waals surface area contributed by atoms with Crippen molar-refractivity contribution in [2.45, 2.75) is 24.8 Å². The highest BCUT2D eigenvalue weighted by molar-refractivity contribution is 7.89. The van der Waals surface area contributed by atoms with Gasteiger partial charge in [0.25, 0.3) is 0 Å². The lowest BCUT2D eigenvalue weighted by molar-refractivity contribution is 0.399. The third-order valence-corrected chi connectivity index (χ3v) is 4.83. The quantitative estimate of drug-likeness (QED) is 0.583. The van der Waals surface area contributed by atoms with E-state index in [2.05, 4.69) is 18.2 Å². The van der Waals surface area contributed by atoms with Gasteiger partial charge in [0, 0.05) is 13.6 Å². The van der Waals surface area contributed by atoms with Crippen molar-refractivity contribution in [2.24, 2.45) is 0 Å². The Bertz CT molecular complexity index is 606. The maximum absolute atomic E-state index is 12.4. The zero-order chi connectivity index (χ0) is 15.9. The van der Waals surface area contributed by atoms with E-state index in [-0.39, 0.29) is 11.4 Å². The van der Waals surface area contributed by atoms with E-state index in [1.165, 1.54) is 14.2 Å². The molecule has 0 bridgehead atoms. The third-order valence-electron chi connectivity index (χ3n) is 2.99. The topological polar surface area (TPSA) is 58.6 Å². The van der Waals surface area contributed by atoms with Crippen LogP contribution in [0.25, 0.3) is 0 Å². The summed E-state index contributed by atoms with van der Waals surface area (Å²) >= 11 is 0. The first-order valence-corrected chi connectivity index (χ1v) is 8.18. The molecule has 21 heavy (non-hydrogen) atoms. The average Bonchev–Trinajstić information content (AvgIpc) is 2.47. The van der Waals surface area contributed by atoms with Crippen LogP contribution in [-0.4, -0.2) is 40.0 Å². The van der Waals surface area contributed by atoms with Crippen LogP contribution in [0.4, 0.5) is 0 Å². The molecule has 0 fully saturated rings. The molecule has 0 atom stereocenters. The Morgan fingerprint density at radius 3 is 2.71 bits per heavy atom. The monoisotopic (exact) mass is 310 g/mol. The van der Waals surface area contributed by atoms with Crippen molar-refractivity contribution in [1.29, 1.82) is 0 Å². The summed E-state index contributed by atoms with van der Waals surface area (Å²) in [6.07, 6.45) is 6.21. The summed E-state index contributed by atoms with van der Waals surface area (Å²) in [5, 5.41) is 3.26. The lowest BCUT2D eigenvalue weighted by Crippen LogP contribution is -2.27. The largest absolute Gasteiger partial charge is 0.495 e. The lowest BCUT2D eigenvalue weighted by Gasteiger charge is -2.17. The van der Waals surface area contributed by atoms with Crippen LogP contribution in [0.3, 0.4) is 0 Å². The Balaban J connectivity index is 3.06. The van der Waals surface area contributed by atoms with Crippen molar-refractivity contribution in [2.75, 3.05) is 27.2 Å². The van der Waals surface area contributed by atoms with E-state index in [0.717, 1.165) is 22.8 Å². The van der Waals surface area contributed by atoms with Gasteiger partial charge in [-0.05, 0) is 30.7 Å². The van der Waals surface area contributed by atoms with E-state index in [0.29, 0.717) is 12.3 Å². The molecule has 5 nitrogen and oxygen atoms in total. The summed E-state index contributed by atoms with van der Waals surface area (Å²) in [5.74, 6) is 2.65. The summed E-state index contributed by atoms with van der Waals surface area (Å²) < 4.78 is 31.2. The summed E-state index contributed by atoms with van der Waals surface area (Å²) in [7, 11) is -0.734. The van der Waals surface area contributed by atoms with E-state index >= 15 is 0 Å². The molecule has 0 heterocycles. The average molecular weight is 310 g/mol. The van der Waals surface area contributed by atoms with Crippen LogP contribution >= 0.6 is 0 Å². The van der Waals surface area contributed by atoms with Crippen molar-refractivity contribution < 1.29 is 13.2 Å². The second-order valence-electron chi connectivity index (χ2n) is 4.63. The number of nitrogens with one attached hydrogen (secondary N) is 1. The highest BCUT2D eigenvalue weighted by atomic mass is 32.2. The Hall–Kier alpha value is -1.55. The predicted octanol–water partition coefficient (Wildman–Crippen LogP) is 1.45. The van der Waals surface area contributed by atoms with Gasteiger partial charge in [-0.25, -0.2) is 8.42 Å². The molecule has 116 valence electrons. The molecule has 0 saturated carbocycles. The predicted molar refractivity (Wildman–Crippen MR) is 83.6 cm³/mol. The fourth-order valence-corrected chi connectivity index (χ4v) is 3.04. The molecule has 0 aliphatic rings. The number of benzene rings is 1. The minimum atomic E-state index is -3.64. The number of ether oxygens (including phenoxy) is 1. The minimum absolute atomic E-state index is 0.0191. The van der Waals surface area contributed by atoms with Crippen LogP contribution < -0.4 is 10.1 Å². The minimum Gasteiger partial charge on any atom is -0.495 e. The van der Waals surface area contributed by atoms with Gasteiger partial charge in [0.05, 0.1) is 13.7 Å². The summed E-state index contributed by atoms with van der Waals surface area (Å²) in [5.41, 5.74) is 0.971. The van der Waals surface area contributed by atoms with Crippen molar-refractivity contribution in [3.05, 3.63) is 23.8 Å². The van der Waals surface area contributed by atoms with E-state index in [4.69, 9.17) is 11.2 Å². The Morgan fingerprint density at radius 1 is 1.43 bits per heavy atom. The maximum atomic E-state index is 12.4. The van der Waals surface area contributed by atoms with Gasteiger partial charge in [-0.1, -0.05) is 18.9 Å². The summed E-state index contributed by atoms with van der Waals surface area (Å²) in [4.78, 5) is 0.127. The molecule has 0 amide bonds. The van der Waals surface area contributed by atoms with Gasteiger partial charge in [0.1, 0.15) is 10.6 Å². The first-order chi connectivity index (χ1) is 9.97. The van der Waals surface area contributed by atoms with Crippen LogP contribution in [0.15, 0.2) is 23.1 Å². The molecule has 1 aromatic carbocycles. The van der Waals surface area contributed by atoms with Gasteiger partial charge in [0.15, 0.2) is 0 Å². The van der Waals surface area contributed by atoms with Crippen LogP contribution in [0.5, 0.6) is 5.75 Å². The fraction of sp³-hybridized carbons (Fsp3) is 0.467. The number of methoxy groups -OCH3 is 1. The Labute approximate surface area is 127 Å². The lowest BCUT2D eigenvalue weighted by atomic mass is 10.2. The van der Waals surface area contributed by atoms with Crippen LogP contribution in [0.1, 0.15) is 18.9 Å². The molecule has 0 aromatic heterocycles. The van der Waals surface area contributed by atoms with Crippen molar-refractivity contribution in [3.63, 3.8) is 0 Å². The van der Waals surface area contributed by atoms with E-state index in [1.54, 1.807) is 18.2 Å². The molecule has 0 radical (unpaired) electrons. The first kappa shape index (κ1) is 17.5. The molecule has 1 aromatic rings. The molecule has 6 heteroatoms. The Kier molecular flexibility index (Phi) is 6.69. The summed E-state index contributed by atoms with van der Waals surface area (Å²) in [6.45, 7) is 3.69. The van der Waals surface area contributed by atoms with Crippen LogP contribution in [0, 0.1) is 12.3 Å². The van der Waals surface area contributed by atoms with Gasteiger partial charge in [-0.2, -0.15) is 4.31 Å². The SMILES string of the molecule is C#CCN(C)S(=O)(=O)c1ccc(CNCCC)cc1OC. The standard InChI is InChI=1S/C15H22N2O3S/c1-5-9-16-12-13-7-8-15(14(11-13)20-4)21(18,19)17(3)10-6-2/h2,7-8,11,16H,5,9-10,12H2,1,3-4H3. The van der Waals surface area contributed by atoms with E-state index < -0.39 is 10.0 Å². The number of nitrogens with zero attached hydrogens (tertiary/aromatic N) is 1. The number of hydrogen-bond acceptors (Lipinski definition) is 4. The zero-order valence-electron chi connectivity index (χ0n) is 12.7. The molecular weight excluding hydrogens is 288 g/mol. The van der Waals surface area contributed by atoms with Gasteiger partial charge in [0.2, 0.25) is 10.0 Å². The normalized spacial score (nSPS) is 11.4. The highest BCUT2D eigenvalue weighted by Crippen LogP contribution is 2.27. The highest BCUT2D eigenvalue weighted by Gasteiger charge is 2.24. The fourth-order valence-electron chi connectivity index (χ4n) is 1.83. The molecule has 1 rings (SSSR count). The number of terminal acetylenes is 1. The van der Waals surface area contributed by atoms with Crippen molar-refractivity contribution in [1.82, 2.24) is 9.62 Å². The molecule has 0 spiro atoms. The smallest absolute Gasteiger partial charge is 0.247 e. The second-order valence-corrected chi connectivity index (χ2v) is 6.64. The second kappa shape index (κ2) is 8.03. The van der Waals surface area contributed by atoms with Crippen LogP contribution in [0.2, 0.25) is 0 Å². The van der Waals surface area contributed by atoms with E-state index in [1.807, 2.05) is 0 Å². The number of rotatable bonds is 8. The number of sulfonamides is 1. The summed E-state index contributed by atoms with van der Waals surface area (Å²) in [6, 6.07) is 5.07. The van der Waals surface area contributed by atoms with Gasteiger partial charge in [-0.3, -0.25) is 0 Å². The molecule has 0 unspecified atom stereocenters. The molecule has 0 aliphatic heterocycles.